The van der Waals surface area contributed by atoms with Gasteiger partial charge in [0.2, 0.25) is 0 Å². The van der Waals surface area contributed by atoms with Crippen LogP contribution in [0.25, 0.3) is 0 Å². The second-order valence-electron chi connectivity index (χ2n) is 4.44. The van der Waals surface area contributed by atoms with Crippen molar-refractivity contribution in [2.45, 2.75) is 31.8 Å². The summed E-state index contributed by atoms with van der Waals surface area (Å²) in [5.41, 5.74) is 0.240. The lowest BCUT2D eigenvalue weighted by atomic mass is 10.2. The maximum Gasteiger partial charge on any atom is 0.335 e. The van der Waals surface area contributed by atoms with Crippen LogP contribution in [0.1, 0.15) is 36.0 Å². The molecule has 2 rings (SSSR count). The van der Waals surface area contributed by atoms with E-state index in [-0.39, 0.29) is 5.56 Å². The highest BCUT2D eigenvalue weighted by Crippen LogP contribution is 2.20. The Kier molecular flexibility index (Phi) is 4.52. The van der Waals surface area contributed by atoms with E-state index in [1.54, 1.807) is 0 Å². The van der Waals surface area contributed by atoms with Gasteiger partial charge in [-0.2, -0.15) is 0 Å². The highest BCUT2D eigenvalue weighted by Gasteiger charge is 2.14. The topological polar surface area (TPSA) is 71.5 Å². The number of aromatic carboxylic acids is 1. The molecule has 1 aromatic heterocycles. The van der Waals surface area contributed by atoms with Gasteiger partial charge in [0.05, 0.1) is 18.3 Å². The van der Waals surface area contributed by atoms with Gasteiger partial charge in [-0.05, 0) is 25.0 Å². The van der Waals surface area contributed by atoms with Crippen molar-refractivity contribution in [2.75, 3.05) is 18.5 Å². The van der Waals surface area contributed by atoms with Gasteiger partial charge in [-0.25, -0.2) is 9.78 Å². The van der Waals surface area contributed by atoms with Crippen molar-refractivity contribution < 1.29 is 14.6 Å². The van der Waals surface area contributed by atoms with Gasteiger partial charge >= 0.3 is 5.97 Å². The molecular formula is C13H18N2O3. The van der Waals surface area contributed by atoms with Crippen molar-refractivity contribution in [3.63, 3.8) is 0 Å². The van der Waals surface area contributed by atoms with E-state index in [0.29, 0.717) is 25.1 Å². The summed E-state index contributed by atoms with van der Waals surface area (Å²) >= 11 is 0. The molecule has 5 nitrogen and oxygen atoms in total. The number of carboxylic acid groups (broad SMARTS) is 1. The van der Waals surface area contributed by atoms with Gasteiger partial charge in [-0.3, -0.25) is 0 Å². The van der Waals surface area contributed by atoms with Crippen LogP contribution >= 0.6 is 0 Å². The van der Waals surface area contributed by atoms with E-state index >= 15 is 0 Å². The number of hydrogen-bond acceptors (Lipinski definition) is 4. The second-order valence-corrected chi connectivity index (χ2v) is 4.44. The van der Waals surface area contributed by atoms with E-state index in [4.69, 9.17) is 9.84 Å². The zero-order chi connectivity index (χ0) is 12.8. The van der Waals surface area contributed by atoms with Crippen LogP contribution in [0.4, 0.5) is 5.82 Å². The molecule has 0 bridgehead atoms. The highest BCUT2D eigenvalue weighted by molar-refractivity contribution is 5.88. The van der Waals surface area contributed by atoms with Crippen LogP contribution in [0.15, 0.2) is 18.3 Å². The molecule has 1 aliphatic rings. The van der Waals surface area contributed by atoms with Crippen molar-refractivity contribution in [1.29, 1.82) is 0 Å². The highest BCUT2D eigenvalue weighted by atomic mass is 16.5. The molecule has 1 heterocycles. The Morgan fingerprint density at radius 3 is 3.00 bits per heavy atom. The smallest absolute Gasteiger partial charge is 0.335 e. The lowest BCUT2D eigenvalue weighted by Crippen LogP contribution is -2.16. The first-order valence-electron chi connectivity index (χ1n) is 6.30. The van der Waals surface area contributed by atoms with Gasteiger partial charge in [0.15, 0.2) is 0 Å². The van der Waals surface area contributed by atoms with Gasteiger partial charge in [0, 0.05) is 12.7 Å². The van der Waals surface area contributed by atoms with E-state index in [2.05, 4.69) is 10.3 Å². The van der Waals surface area contributed by atoms with Gasteiger partial charge in [-0.1, -0.05) is 12.8 Å². The van der Waals surface area contributed by atoms with Crippen LogP contribution in [0.5, 0.6) is 0 Å². The molecule has 18 heavy (non-hydrogen) atoms. The third kappa shape index (κ3) is 3.70. The number of rotatable bonds is 6. The third-order valence-electron chi connectivity index (χ3n) is 3.07. The Labute approximate surface area is 106 Å². The summed E-state index contributed by atoms with van der Waals surface area (Å²) in [7, 11) is 0. The maximum absolute atomic E-state index is 10.8. The molecule has 2 N–H and O–H groups in total. The summed E-state index contributed by atoms with van der Waals surface area (Å²) in [6, 6.07) is 3.00. The fourth-order valence-corrected chi connectivity index (χ4v) is 2.12. The minimum Gasteiger partial charge on any atom is -0.478 e. The molecule has 0 aromatic carbocycles. The van der Waals surface area contributed by atoms with Crippen LogP contribution in [0.2, 0.25) is 0 Å². The molecule has 0 saturated heterocycles. The molecular weight excluding hydrogens is 232 g/mol. The Balaban J connectivity index is 1.72. The molecule has 1 fully saturated rings. The Morgan fingerprint density at radius 2 is 2.28 bits per heavy atom. The van der Waals surface area contributed by atoms with Gasteiger partial charge in [0.25, 0.3) is 0 Å². The zero-order valence-corrected chi connectivity index (χ0v) is 10.3. The molecule has 0 atom stereocenters. The van der Waals surface area contributed by atoms with Gasteiger partial charge in [0.1, 0.15) is 5.82 Å². The van der Waals surface area contributed by atoms with Gasteiger partial charge < -0.3 is 15.2 Å². The Bertz CT molecular complexity index is 403. The molecule has 0 amide bonds. The monoisotopic (exact) mass is 250 g/mol. The minimum atomic E-state index is -0.942. The summed E-state index contributed by atoms with van der Waals surface area (Å²) in [5.74, 6) is -0.368. The number of nitrogens with one attached hydrogen (secondary N) is 1. The fraction of sp³-hybridized carbons (Fsp3) is 0.538. The first kappa shape index (κ1) is 12.8. The molecule has 0 radical (unpaired) electrons. The molecule has 1 aromatic rings. The van der Waals surface area contributed by atoms with E-state index < -0.39 is 5.97 Å². The number of anilines is 1. The summed E-state index contributed by atoms with van der Waals surface area (Å²) < 4.78 is 5.70. The summed E-state index contributed by atoms with van der Waals surface area (Å²) in [4.78, 5) is 14.8. The predicted molar refractivity (Wildman–Crippen MR) is 67.9 cm³/mol. The maximum atomic E-state index is 10.8. The summed E-state index contributed by atoms with van der Waals surface area (Å²) in [5, 5.41) is 11.9. The second kappa shape index (κ2) is 6.35. The molecule has 0 unspecified atom stereocenters. The minimum absolute atomic E-state index is 0.240. The fourth-order valence-electron chi connectivity index (χ4n) is 2.12. The number of hydrogen-bond donors (Lipinski definition) is 2. The van der Waals surface area contributed by atoms with Gasteiger partial charge in [-0.15, -0.1) is 0 Å². The van der Waals surface area contributed by atoms with Crippen molar-refractivity contribution >= 4 is 11.8 Å². The van der Waals surface area contributed by atoms with E-state index in [1.165, 1.54) is 31.2 Å². The van der Waals surface area contributed by atoms with E-state index in [0.717, 1.165) is 12.8 Å². The third-order valence-corrected chi connectivity index (χ3v) is 3.07. The Hall–Kier alpha value is -1.62. The molecule has 5 heteroatoms. The Morgan fingerprint density at radius 1 is 1.50 bits per heavy atom. The lowest BCUT2D eigenvalue weighted by Gasteiger charge is -2.11. The number of aromatic nitrogens is 1. The number of carbonyl (C=O) groups is 1. The first-order chi connectivity index (χ1) is 8.75. The normalized spacial score (nSPS) is 15.8. The van der Waals surface area contributed by atoms with Crippen LogP contribution in [-0.4, -0.2) is 35.3 Å². The predicted octanol–water partition coefficient (Wildman–Crippen LogP) is 2.15. The SMILES string of the molecule is O=C(O)c1ccnc(NCCOC2CCCC2)c1. The standard InChI is InChI=1S/C13H18N2O3/c16-13(17)10-5-6-14-12(9-10)15-7-8-18-11-3-1-2-4-11/h5-6,9,11H,1-4,7-8H2,(H,14,15)(H,16,17). The molecule has 1 saturated carbocycles. The summed E-state index contributed by atoms with van der Waals surface area (Å²) in [6.07, 6.45) is 6.74. The van der Waals surface area contributed by atoms with Crippen LogP contribution in [0, 0.1) is 0 Å². The quantitative estimate of drug-likeness (QED) is 0.757. The van der Waals surface area contributed by atoms with E-state index in [1.807, 2.05) is 0 Å². The largest absolute Gasteiger partial charge is 0.478 e. The van der Waals surface area contributed by atoms with Crippen molar-refractivity contribution in [2.24, 2.45) is 0 Å². The van der Waals surface area contributed by atoms with Crippen molar-refractivity contribution in [1.82, 2.24) is 4.98 Å². The number of ether oxygens (including phenoxy) is 1. The average molecular weight is 250 g/mol. The summed E-state index contributed by atoms with van der Waals surface area (Å²) in [6.45, 7) is 1.27. The molecule has 1 aliphatic carbocycles. The lowest BCUT2D eigenvalue weighted by molar-refractivity contribution is 0.0658. The molecule has 98 valence electrons. The van der Waals surface area contributed by atoms with Crippen LogP contribution in [-0.2, 0) is 4.74 Å². The number of nitrogens with zero attached hydrogens (tertiary/aromatic N) is 1. The molecule has 0 spiro atoms. The van der Waals surface area contributed by atoms with Crippen LogP contribution in [0.3, 0.4) is 0 Å². The van der Waals surface area contributed by atoms with Crippen molar-refractivity contribution in [3.05, 3.63) is 23.9 Å². The zero-order valence-electron chi connectivity index (χ0n) is 10.3. The first-order valence-corrected chi connectivity index (χ1v) is 6.30. The van der Waals surface area contributed by atoms with Crippen LogP contribution < -0.4 is 5.32 Å². The average Bonchev–Trinajstić information content (AvgIpc) is 2.88. The molecule has 0 aliphatic heterocycles. The number of carboxylic acids is 1. The van der Waals surface area contributed by atoms with Crippen molar-refractivity contribution in [3.8, 4) is 0 Å². The van der Waals surface area contributed by atoms with E-state index in [9.17, 15) is 4.79 Å². The number of pyridine rings is 1.